The second-order valence-electron chi connectivity index (χ2n) is 22.7. The van der Waals surface area contributed by atoms with E-state index in [2.05, 4.69) is 34.6 Å². The standard InChI is InChI=1S/C62H120O17P2/c1-6-10-13-16-19-21-22-23-24-25-26-33-38-43-48-62(67)79-58(52-73-60(65)46-41-36-32-28-27-30-34-39-44-55(5)9-4)54-77-81(70,71)75-50-56(63)49-74-80(68,69)76-53-57(51-72-59(64)45-40-35-29-18-15-12-8-3)78-61(66)47-42-37-31-20-17-14-11-7-2/h55-58,63H,6-54H2,1-5H3,(H,68,69)(H,70,71)/t55?,56-,57+,58+/m0/s1. The summed E-state index contributed by atoms with van der Waals surface area (Å²) >= 11 is 0. The minimum atomic E-state index is -4.94. The second-order valence-corrected chi connectivity index (χ2v) is 25.6. The molecule has 480 valence electrons. The Balaban J connectivity index is 5.20. The minimum absolute atomic E-state index is 0.104. The third kappa shape index (κ3) is 55.7. The van der Waals surface area contributed by atoms with E-state index in [1.54, 1.807) is 0 Å². The second kappa shape index (κ2) is 55.9. The average molecular weight is 1200 g/mol. The summed E-state index contributed by atoms with van der Waals surface area (Å²) in [6.45, 7) is 7.12. The zero-order valence-electron chi connectivity index (χ0n) is 51.9. The molecule has 19 heteroatoms. The molecule has 0 saturated carbocycles. The molecule has 81 heavy (non-hydrogen) atoms. The molecule has 0 aromatic heterocycles. The number of hydrogen-bond donors (Lipinski definition) is 3. The Labute approximate surface area is 492 Å². The Kier molecular flexibility index (Phi) is 54.6. The van der Waals surface area contributed by atoms with E-state index < -0.39 is 97.5 Å². The van der Waals surface area contributed by atoms with Crippen molar-refractivity contribution in [2.75, 3.05) is 39.6 Å². The highest BCUT2D eigenvalue weighted by molar-refractivity contribution is 7.47. The molecule has 3 N–H and O–H groups in total. The number of aliphatic hydroxyl groups is 1. The number of carbonyl (C=O) groups is 4. The van der Waals surface area contributed by atoms with E-state index in [1.165, 1.54) is 116 Å². The van der Waals surface area contributed by atoms with Crippen LogP contribution in [0.25, 0.3) is 0 Å². The lowest BCUT2D eigenvalue weighted by Crippen LogP contribution is -2.30. The molecular weight excluding hydrogens is 1080 g/mol. The number of phosphoric acid groups is 2. The fraction of sp³-hybridized carbons (Fsp3) is 0.935. The number of carbonyl (C=O) groups excluding carboxylic acids is 4. The van der Waals surface area contributed by atoms with E-state index in [4.69, 9.17) is 37.0 Å². The molecule has 6 atom stereocenters. The third-order valence-corrected chi connectivity index (χ3v) is 16.5. The van der Waals surface area contributed by atoms with Crippen molar-refractivity contribution in [2.24, 2.45) is 5.92 Å². The molecule has 0 heterocycles. The first-order valence-corrected chi connectivity index (χ1v) is 35.7. The Hall–Kier alpha value is -1.94. The van der Waals surface area contributed by atoms with Crippen molar-refractivity contribution < 1.29 is 80.2 Å². The Morgan fingerprint density at radius 3 is 0.877 bits per heavy atom. The van der Waals surface area contributed by atoms with Crippen molar-refractivity contribution in [1.29, 1.82) is 0 Å². The van der Waals surface area contributed by atoms with Crippen LogP contribution in [0.2, 0.25) is 0 Å². The monoisotopic (exact) mass is 1200 g/mol. The zero-order valence-corrected chi connectivity index (χ0v) is 53.7. The maximum Gasteiger partial charge on any atom is 0.472 e. The third-order valence-electron chi connectivity index (χ3n) is 14.6. The van der Waals surface area contributed by atoms with Gasteiger partial charge in [0.15, 0.2) is 12.2 Å². The van der Waals surface area contributed by atoms with Crippen molar-refractivity contribution >= 4 is 39.5 Å². The highest BCUT2D eigenvalue weighted by Crippen LogP contribution is 2.45. The van der Waals surface area contributed by atoms with Gasteiger partial charge >= 0.3 is 39.5 Å². The van der Waals surface area contributed by atoms with Gasteiger partial charge in [-0.05, 0) is 31.6 Å². The average Bonchev–Trinajstić information content (AvgIpc) is 3.44. The molecule has 0 rings (SSSR count). The van der Waals surface area contributed by atoms with E-state index in [-0.39, 0.29) is 25.7 Å². The molecule has 0 aliphatic heterocycles. The summed E-state index contributed by atoms with van der Waals surface area (Å²) < 4.78 is 67.8. The summed E-state index contributed by atoms with van der Waals surface area (Å²) in [7, 11) is -9.87. The first-order chi connectivity index (χ1) is 39.1. The van der Waals surface area contributed by atoms with Gasteiger partial charge < -0.3 is 33.8 Å². The Morgan fingerprint density at radius 1 is 0.346 bits per heavy atom. The van der Waals surface area contributed by atoms with Gasteiger partial charge in [-0.2, -0.15) is 0 Å². The lowest BCUT2D eigenvalue weighted by atomic mass is 9.99. The molecule has 0 fully saturated rings. The molecule has 17 nitrogen and oxygen atoms in total. The summed E-state index contributed by atoms with van der Waals surface area (Å²) in [5.74, 6) is -1.36. The van der Waals surface area contributed by atoms with Crippen LogP contribution in [0.1, 0.15) is 311 Å². The molecule has 0 aliphatic carbocycles. The Morgan fingerprint density at radius 2 is 0.593 bits per heavy atom. The maximum absolute atomic E-state index is 13.0. The van der Waals surface area contributed by atoms with Gasteiger partial charge in [0.2, 0.25) is 0 Å². The van der Waals surface area contributed by atoms with Crippen molar-refractivity contribution in [1.82, 2.24) is 0 Å². The van der Waals surface area contributed by atoms with Crippen molar-refractivity contribution in [3.05, 3.63) is 0 Å². The van der Waals surface area contributed by atoms with Gasteiger partial charge in [0.25, 0.3) is 0 Å². The fourth-order valence-corrected chi connectivity index (χ4v) is 10.8. The number of esters is 4. The summed E-state index contributed by atoms with van der Waals surface area (Å²) in [6, 6.07) is 0. The summed E-state index contributed by atoms with van der Waals surface area (Å²) in [6.07, 6.45) is 39.0. The van der Waals surface area contributed by atoms with Crippen LogP contribution in [0.4, 0.5) is 0 Å². The molecular formula is C62H120O17P2. The van der Waals surface area contributed by atoms with Crippen LogP contribution in [-0.4, -0.2) is 96.7 Å². The quantitative estimate of drug-likeness (QED) is 0.0222. The molecule has 0 amide bonds. The molecule has 0 radical (unpaired) electrons. The lowest BCUT2D eigenvalue weighted by molar-refractivity contribution is -0.161. The Bertz CT molecular complexity index is 1590. The lowest BCUT2D eigenvalue weighted by Gasteiger charge is -2.21. The number of phosphoric ester groups is 2. The first-order valence-electron chi connectivity index (χ1n) is 32.7. The molecule has 0 aliphatic rings. The smallest absolute Gasteiger partial charge is 0.462 e. The van der Waals surface area contributed by atoms with Crippen molar-refractivity contribution in [3.8, 4) is 0 Å². The number of unbranched alkanes of at least 4 members (excludes halogenated alkanes) is 33. The normalized spacial score (nSPS) is 14.6. The topological polar surface area (TPSA) is 237 Å². The number of aliphatic hydroxyl groups excluding tert-OH is 1. The van der Waals surface area contributed by atoms with Crippen LogP contribution >= 0.6 is 15.6 Å². The predicted molar refractivity (Wildman–Crippen MR) is 322 cm³/mol. The number of hydrogen-bond acceptors (Lipinski definition) is 15. The van der Waals surface area contributed by atoms with E-state index in [0.29, 0.717) is 25.7 Å². The van der Waals surface area contributed by atoms with Gasteiger partial charge in [0.1, 0.15) is 19.3 Å². The molecule has 0 bridgehead atoms. The van der Waals surface area contributed by atoms with Crippen molar-refractivity contribution in [3.63, 3.8) is 0 Å². The maximum atomic E-state index is 13.0. The van der Waals surface area contributed by atoms with E-state index in [9.17, 15) is 43.2 Å². The summed E-state index contributed by atoms with van der Waals surface area (Å²) in [5, 5.41) is 10.5. The predicted octanol–water partition coefficient (Wildman–Crippen LogP) is 17.0. The number of rotatable bonds is 62. The van der Waals surface area contributed by atoms with Crippen LogP contribution in [0.3, 0.4) is 0 Å². The van der Waals surface area contributed by atoms with Gasteiger partial charge in [0.05, 0.1) is 26.4 Å². The van der Waals surface area contributed by atoms with Gasteiger partial charge in [-0.1, -0.05) is 259 Å². The van der Waals surface area contributed by atoms with Gasteiger partial charge in [-0.25, -0.2) is 9.13 Å². The van der Waals surface area contributed by atoms with Crippen molar-refractivity contribution in [2.45, 2.75) is 329 Å². The summed E-state index contributed by atoms with van der Waals surface area (Å²) in [4.78, 5) is 71.9. The van der Waals surface area contributed by atoms with Crippen LogP contribution < -0.4 is 0 Å². The minimum Gasteiger partial charge on any atom is -0.462 e. The van der Waals surface area contributed by atoms with Crippen LogP contribution in [-0.2, 0) is 65.4 Å². The largest absolute Gasteiger partial charge is 0.472 e. The molecule has 0 spiro atoms. The van der Waals surface area contributed by atoms with Crippen LogP contribution in [0.5, 0.6) is 0 Å². The van der Waals surface area contributed by atoms with Crippen LogP contribution in [0.15, 0.2) is 0 Å². The molecule has 0 aromatic carbocycles. The van der Waals surface area contributed by atoms with Gasteiger partial charge in [-0.15, -0.1) is 0 Å². The highest BCUT2D eigenvalue weighted by atomic mass is 31.2. The fourth-order valence-electron chi connectivity index (χ4n) is 9.20. The zero-order chi connectivity index (χ0) is 59.9. The van der Waals surface area contributed by atoms with E-state index in [1.807, 2.05) is 0 Å². The molecule has 3 unspecified atom stereocenters. The molecule has 0 aromatic rings. The summed E-state index contributed by atoms with van der Waals surface area (Å²) in [5.41, 5.74) is 0. The highest BCUT2D eigenvalue weighted by Gasteiger charge is 2.30. The molecule has 0 saturated heterocycles. The van der Waals surface area contributed by atoms with Gasteiger partial charge in [0, 0.05) is 25.7 Å². The SMILES string of the molecule is CCCCCCCCCCCCCCCCC(=O)O[C@H](COC(=O)CCCCCCCCCCC(C)CC)COP(=O)(O)OC[C@@H](O)COP(=O)(O)OC[C@@H](COC(=O)CCCCCCCCC)OC(=O)CCCCCCCCCC. The van der Waals surface area contributed by atoms with Gasteiger partial charge in [-0.3, -0.25) is 37.3 Å². The first kappa shape index (κ1) is 79.1. The van der Waals surface area contributed by atoms with Crippen LogP contribution in [0, 0.1) is 5.92 Å². The van der Waals surface area contributed by atoms with E-state index >= 15 is 0 Å². The number of ether oxygens (including phenoxy) is 4. The van der Waals surface area contributed by atoms with E-state index in [0.717, 1.165) is 115 Å².